The second-order valence-electron chi connectivity index (χ2n) is 3.36. The van der Waals surface area contributed by atoms with Crippen LogP contribution in [0.25, 0.3) is 0 Å². The molecule has 0 heterocycles. The van der Waals surface area contributed by atoms with Gasteiger partial charge in [-0.05, 0) is 30.9 Å². The highest BCUT2D eigenvalue weighted by atomic mass is 14.1. The number of hydrogen-bond acceptors (Lipinski definition) is 0. The quantitative estimate of drug-likeness (QED) is 0.565. The van der Waals surface area contributed by atoms with Crippen LogP contribution in [-0.2, 0) is 0 Å². The summed E-state index contributed by atoms with van der Waals surface area (Å²) in [6.07, 6.45) is 12.7. The van der Waals surface area contributed by atoms with E-state index >= 15 is 0 Å². The molecule has 1 aliphatic carbocycles. The highest BCUT2D eigenvalue weighted by molar-refractivity contribution is 5.42. The Morgan fingerprint density at radius 2 is 2.15 bits per heavy atom. The molecule has 1 rings (SSSR count). The van der Waals surface area contributed by atoms with Crippen LogP contribution in [0.5, 0.6) is 0 Å². The smallest absolute Gasteiger partial charge is 0.0238 e. The van der Waals surface area contributed by atoms with Gasteiger partial charge in [-0.1, -0.05) is 49.1 Å². The van der Waals surface area contributed by atoms with Crippen molar-refractivity contribution in [3.05, 3.63) is 60.3 Å². The Hall–Kier alpha value is -1.30. The zero-order valence-electron chi connectivity index (χ0n) is 8.22. The van der Waals surface area contributed by atoms with Crippen molar-refractivity contribution in [2.45, 2.75) is 19.8 Å². The molecule has 0 aromatic rings. The van der Waals surface area contributed by atoms with Crippen LogP contribution in [0.15, 0.2) is 60.3 Å². The maximum atomic E-state index is 4.02. The van der Waals surface area contributed by atoms with Gasteiger partial charge in [-0.3, -0.25) is 0 Å². The first-order chi connectivity index (χ1) is 6.20. The Labute approximate surface area is 80.7 Å². The third kappa shape index (κ3) is 3.29. The minimum atomic E-state index is 1.06. The highest BCUT2D eigenvalue weighted by Gasteiger charge is 2.00. The molecule has 0 N–H and O–H groups in total. The summed E-state index contributed by atoms with van der Waals surface area (Å²) in [4.78, 5) is 0. The Morgan fingerprint density at radius 3 is 2.69 bits per heavy atom. The fraction of sp³-hybridized carbons (Fsp3) is 0.231. The van der Waals surface area contributed by atoms with E-state index in [2.05, 4.69) is 31.4 Å². The molecule has 0 saturated carbocycles. The molecular formula is C13H16. The van der Waals surface area contributed by atoms with Gasteiger partial charge in [0.1, 0.15) is 0 Å². The summed E-state index contributed by atoms with van der Waals surface area (Å²) in [5.41, 5.74) is 3.50. The van der Waals surface area contributed by atoms with Gasteiger partial charge in [-0.15, -0.1) is 0 Å². The average Bonchev–Trinajstić information content (AvgIpc) is 2.15. The summed E-state index contributed by atoms with van der Waals surface area (Å²) in [5.74, 6) is 0. The Balaban J connectivity index is 2.62. The molecule has 0 heteroatoms. The lowest BCUT2D eigenvalue weighted by atomic mass is 9.98. The van der Waals surface area contributed by atoms with Crippen molar-refractivity contribution in [2.75, 3.05) is 0 Å². The first-order valence-corrected chi connectivity index (χ1v) is 4.58. The summed E-state index contributed by atoms with van der Waals surface area (Å²) in [7, 11) is 0. The molecule has 1 aliphatic rings. The van der Waals surface area contributed by atoms with E-state index in [-0.39, 0.29) is 0 Å². The van der Waals surface area contributed by atoms with Crippen molar-refractivity contribution in [2.24, 2.45) is 0 Å². The summed E-state index contributed by atoms with van der Waals surface area (Å²) in [5, 5.41) is 0. The van der Waals surface area contributed by atoms with Crippen molar-refractivity contribution in [3.8, 4) is 0 Å². The lowest BCUT2D eigenvalue weighted by molar-refractivity contribution is 0.979. The van der Waals surface area contributed by atoms with E-state index in [1.807, 2.05) is 19.1 Å². The predicted octanol–water partition coefficient (Wildman–Crippen LogP) is 3.95. The van der Waals surface area contributed by atoms with Gasteiger partial charge in [0.05, 0.1) is 0 Å². The molecular weight excluding hydrogens is 156 g/mol. The van der Waals surface area contributed by atoms with Crippen LogP contribution in [-0.4, -0.2) is 0 Å². The fourth-order valence-electron chi connectivity index (χ4n) is 1.22. The van der Waals surface area contributed by atoms with E-state index in [9.17, 15) is 0 Å². The number of hydrogen-bond donors (Lipinski definition) is 0. The molecule has 0 saturated heterocycles. The van der Waals surface area contributed by atoms with Gasteiger partial charge >= 0.3 is 0 Å². The molecule has 68 valence electrons. The third-order valence-electron chi connectivity index (χ3n) is 2.00. The second kappa shape index (κ2) is 4.66. The van der Waals surface area contributed by atoms with E-state index < -0.39 is 0 Å². The molecule has 0 radical (unpaired) electrons. The molecule has 0 bridgehead atoms. The number of rotatable bonds is 3. The zero-order valence-corrected chi connectivity index (χ0v) is 8.22. The van der Waals surface area contributed by atoms with Crippen LogP contribution in [0.3, 0.4) is 0 Å². The van der Waals surface area contributed by atoms with E-state index in [0.29, 0.717) is 0 Å². The van der Waals surface area contributed by atoms with Gasteiger partial charge < -0.3 is 0 Å². The number of allylic oxidation sites excluding steroid dienone is 8. The lowest BCUT2D eigenvalue weighted by Gasteiger charge is -2.08. The summed E-state index contributed by atoms with van der Waals surface area (Å²) in [6, 6.07) is 0. The summed E-state index contributed by atoms with van der Waals surface area (Å²) < 4.78 is 0. The van der Waals surface area contributed by atoms with Crippen LogP contribution in [0.2, 0.25) is 0 Å². The van der Waals surface area contributed by atoms with Crippen molar-refractivity contribution < 1.29 is 0 Å². The van der Waals surface area contributed by atoms with Crippen LogP contribution in [0.1, 0.15) is 19.8 Å². The molecule has 0 atom stereocenters. The van der Waals surface area contributed by atoms with E-state index in [1.165, 1.54) is 5.57 Å². The zero-order chi connectivity index (χ0) is 9.68. The maximum absolute atomic E-state index is 4.02. The molecule has 13 heavy (non-hydrogen) atoms. The van der Waals surface area contributed by atoms with Crippen LogP contribution < -0.4 is 0 Å². The molecule has 0 nitrogen and oxygen atoms in total. The average molecular weight is 172 g/mol. The largest absolute Gasteiger partial charge is 0.0961 e. The normalized spacial score (nSPS) is 15.9. The van der Waals surface area contributed by atoms with Gasteiger partial charge in [0.25, 0.3) is 0 Å². The minimum absolute atomic E-state index is 1.06. The molecule has 0 unspecified atom stereocenters. The highest BCUT2D eigenvalue weighted by Crippen LogP contribution is 2.19. The molecule has 0 aliphatic heterocycles. The predicted molar refractivity (Wildman–Crippen MR) is 59.6 cm³/mol. The fourth-order valence-corrected chi connectivity index (χ4v) is 1.22. The lowest BCUT2D eigenvalue weighted by Crippen LogP contribution is -1.88. The van der Waals surface area contributed by atoms with Crippen LogP contribution in [0, 0.1) is 0 Å². The van der Waals surface area contributed by atoms with Crippen LogP contribution >= 0.6 is 0 Å². The van der Waals surface area contributed by atoms with Gasteiger partial charge in [0, 0.05) is 0 Å². The first kappa shape index (κ1) is 9.79. The topological polar surface area (TPSA) is 0 Å². The monoisotopic (exact) mass is 172 g/mol. The Bertz CT molecular complexity index is 298. The van der Waals surface area contributed by atoms with Gasteiger partial charge in [-0.2, -0.15) is 0 Å². The Morgan fingerprint density at radius 1 is 1.38 bits per heavy atom. The minimum Gasteiger partial charge on any atom is -0.0961 e. The maximum Gasteiger partial charge on any atom is -0.0238 e. The van der Waals surface area contributed by atoms with Gasteiger partial charge in [0.15, 0.2) is 0 Å². The van der Waals surface area contributed by atoms with Crippen molar-refractivity contribution >= 4 is 0 Å². The summed E-state index contributed by atoms with van der Waals surface area (Å²) >= 11 is 0. The van der Waals surface area contributed by atoms with E-state index in [0.717, 1.165) is 24.0 Å². The van der Waals surface area contributed by atoms with Gasteiger partial charge in [0.2, 0.25) is 0 Å². The van der Waals surface area contributed by atoms with Gasteiger partial charge in [-0.25, -0.2) is 0 Å². The van der Waals surface area contributed by atoms with Crippen molar-refractivity contribution in [1.82, 2.24) is 0 Å². The second-order valence-corrected chi connectivity index (χ2v) is 3.36. The molecule has 0 spiro atoms. The molecule has 0 fully saturated rings. The molecule has 0 aromatic heterocycles. The first-order valence-electron chi connectivity index (χ1n) is 4.58. The SMILES string of the molecule is C=C(C)/C=C\C(=C)C1=CC=CCC1. The summed E-state index contributed by atoms with van der Waals surface area (Å²) in [6.45, 7) is 9.82. The third-order valence-corrected chi connectivity index (χ3v) is 2.00. The van der Waals surface area contributed by atoms with Crippen LogP contribution in [0.4, 0.5) is 0 Å². The van der Waals surface area contributed by atoms with E-state index in [1.54, 1.807) is 0 Å². The molecule has 0 amide bonds. The van der Waals surface area contributed by atoms with E-state index in [4.69, 9.17) is 0 Å². The molecule has 0 aromatic carbocycles. The standard InChI is InChI=1S/C13H16/c1-11(2)9-10-12(3)13-7-5-4-6-8-13/h4-5,7,9-10H,1,3,6,8H2,2H3/b10-9-. The van der Waals surface area contributed by atoms with Crippen molar-refractivity contribution in [1.29, 1.82) is 0 Å². The van der Waals surface area contributed by atoms with Crippen molar-refractivity contribution in [3.63, 3.8) is 0 Å². The Kier molecular flexibility index (Phi) is 3.51.